The summed E-state index contributed by atoms with van der Waals surface area (Å²) in [6.07, 6.45) is 6.36. The molecule has 0 saturated carbocycles. The second-order valence-electron chi connectivity index (χ2n) is 9.23. The molecule has 0 spiro atoms. The Morgan fingerprint density at radius 2 is 1.71 bits per heavy atom. The van der Waals surface area contributed by atoms with Gasteiger partial charge in [0.25, 0.3) is 0 Å². The van der Waals surface area contributed by atoms with Gasteiger partial charge < -0.3 is 10.6 Å². The lowest BCUT2D eigenvalue weighted by Gasteiger charge is -2.28. The minimum Gasteiger partial charge on any atom is -0.346 e. The van der Waals surface area contributed by atoms with E-state index in [1.807, 2.05) is 13.0 Å². The van der Waals surface area contributed by atoms with Crippen LogP contribution in [0.4, 0.5) is 0 Å². The van der Waals surface area contributed by atoms with Gasteiger partial charge in [-0.25, -0.2) is 0 Å². The number of Topliss-reactive ketones (excluding diaryl/α,β-unsaturated/α-hetero) is 1. The number of rotatable bonds is 10. The van der Waals surface area contributed by atoms with Crippen molar-refractivity contribution in [3.63, 3.8) is 0 Å². The molecule has 34 heavy (non-hydrogen) atoms. The maximum absolute atomic E-state index is 13.3. The summed E-state index contributed by atoms with van der Waals surface area (Å²) in [6.45, 7) is 8.42. The molecule has 0 bridgehead atoms. The molecular weight excluding hydrogens is 434 g/mol. The van der Waals surface area contributed by atoms with Crippen LogP contribution in [0.3, 0.4) is 0 Å². The van der Waals surface area contributed by atoms with Crippen LogP contribution in [-0.4, -0.2) is 35.5 Å². The van der Waals surface area contributed by atoms with E-state index >= 15 is 0 Å². The molecule has 3 atom stereocenters. The second kappa shape index (κ2) is 11.5. The smallest absolute Gasteiger partial charge is 0.244 e. The predicted molar refractivity (Wildman–Crippen MR) is 128 cm³/mol. The van der Waals surface area contributed by atoms with Gasteiger partial charge in [0.2, 0.25) is 23.6 Å². The van der Waals surface area contributed by atoms with E-state index in [1.165, 1.54) is 19.9 Å². The van der Waals surface area contributed by atoms with Crippen LogP contribution < -0.4 is 16.0 Å². The van der Waals surface area contributed by atoms with Gasteiger partial charge in [-0.2, -0.15) is 0 Å². The normalized spacial score (nSPS) is 19.3. The average Bonchev–Trinajstić information content (AvgIpc) is 2.97. The molecule has 0 aromatic heterocycles. The van der Waals surface area contributed by atoms with E-state index in [0.717, 1.165) is 5.56 Å². The zero-order chi connectivity index (χ0) is 25.5. The summed E-state index contributed by atoms with van der Waals surface area (Å²) in [6, 6.07) is 7.46. The number of benzene rings is 1. The monoisotopic (exact) mass is 467 g/mol. The zero-order valence-electron chi connectivity index (χ0n) is 20.3. The number of carbonyl (C=O) groups excluding carboxylic acids is 5. The zero-order valence-corrected chi connectivity index (χ0v) is 20.3. The molecule has 4 amide bonds. The van der Waals surface area contributed by atoms with Crippen LogP contribution in [-0.2, 0) is 24.0 Å². The molecule has 3 N–H and O–H groups in total. The van der Waals surface area contributed by atoms with E-state index < -0.39 is 46.9 Å². The van der Waals surface area contributed by atoms with Gasteiger partial charge in [-0.15, -0.1) is 0 Å². The molecule has 1 fully saturated rings. The fourth-order valence-electron chi connectivity index (χ4n) is 3.86. The molecule has 1 aliphatic heterocycles. The first kappa shape index (κ1) is 26.7. The number of imide groups is 1. The quantitative estimate of drug-likeness (QED) is 0.211. The molecule has 182 valence electrons. The molecule has 8 heteroatoms. The molecule has 1 saturated heterocycles. The highest BCUT2D eigenvalue weighted by Gasteiger charge is 2.54. The van der Waals surface area contributed by atoms with Crippen molar-refractivity contribution in [2.45, 2.75) is 53.1 Å². The molecule has 8 nitrogen and oxygen atoms in total. The van der Waals surface area contributed by atoms with Gasteiger partial charge in [0.15, 0.2) is 5.78 Å². The maximum atomic E-state index is 13.3. The van der Waals surface area contributed by atoms with E-state index in [2.05, 4.69) is 16.0 Å². The van der Waals surface area contributed by atoms with Gasteiger partial charge in [0.1, 0.15) is 5.92 Å². The van der Waals surface area contributed by atoms with Crippen molar-refractivity contribution < 1.29 is 24.0 Å². The van der Waals surface area contributed by atoms with Crippen LogP contribution in [0, 0.1) is 17.3 Å². The number of carbonyl (C=O) groups is 5. The second-order valence-corrected chi connectivity index (χ2v) is 9.23. The number of ketones is 1. The molecule has 1 aromatic rings. The molecule has 0 unspecified atom stereocenters. The van der Waals surface area contributed by atoms with Gasteiger partial charge in [0.05, 0.1) is 23.9 Å². The summed E-state index contributed by atoms with van der Waals surface area (Å²) in [5, 5.41) is 7.76. The van der Waals surface area contributed by atoms with Crippen molar-refractivity contribution in [3.05, 3.63) is 60.2 Å². The van der Waals surface area contributed by atoms with Gasteiger partial charge in [0, 0.05) is 6.08 Å². The molecule has 1 heterocycles. The third kappa shape index (κ3) is 6.50. The highest BCUT2D eigenvalue weighted by Crippen LogP contribution is 2.34. The molecule has 1 aliphatic rings. The van der Waals surface area contributed by atoms with Gasteiger partial charge >= 0.3 is 0 Å². The first-order valence-corrected chi connectivity index (χ1v) is 11.3. The van der Waals surface area contributed by atoms with E-state index in [-0.39, 0.29) is 18.2 Å². The summed E-state index contributed by atoms with van der Waals surface area (Å²) in [5.74, 6) is -3.99. The maximum Gasteiger partial charge on any atom is 0.244 e. The Morgan fingerprint density at radius 1 is 1.06 bits per heavy atom. The van der Waals surface area contributed by atoms with Gasteiger partial charge in [-0.1, -0.05) is 62.4 Å². The standard InChI is InChI=1S/C26H33N3O5/c1-6-7-9-14-19(30)27-18(17-12-10-8-11-13-17)15-20(31)28-22(16(2)3)23(32)21-24(33)29-25(34)26(21,4)5/h6-14,16,18,21-22H,15H2,1-5H3,(H,27,30)(H,28,31)(H,29,33,34)/b7-6+,14-9+/t18-,21+,22-/m0/s1. The minimum atomic E-state index is -1.20. The number of hydrogen-bond donors (Lipinski definition) is 3. The van der Waals surface area contributed by atoms with Crippen molar-refractivity contribution in [2.75, 3.05) is 0 Å². The van der Waals surface area contributed by atoms with Crippen molar-refractivity contribution in [2.24, 2.45) is 17.3 Å². The number of allylic oxidation sites excluding steroid dienone is 3. The Bertz CT molecular complexity index is 995. The first-order chi connectivity index (χ1) is 16.0. The molecule has 0 aliphatic carbocycles. The minimum absolute atomic E-state index is 0.108. The Balaban J connectivity index is 2.20. The lowest BCUT2D eigenvalue weighted by molar-refractivity contribution is -0.140. The summed E-state index contributed by atoms with van der Waals surface area (Å²) >= 11 is 0. The number of amides is 4. The predicted octanol–water partition coefficient (Wildman–Crippen LogP) is 2.38. The molecule has 1 aromatic carbocycles. The Kier molecular flexibility index (Phi) is 9.06. The third-order valence-electron chi connectivity index (χ3n) is 5.84. The third-order valence-corrected chi connectivity index (χ3v) is 5.84. The highest BCUT2D eigenvalue weighted by molar-refractivity contribution is 6.18. The van der Waals surface area contributed by atoms with E-state index in [4.69, 9.17) is 0 Å². The van der Waals surface area contributed by atoms with Crippen LogP contribution in [0.25, 0.3) is 0 Å². The van der Waals surface area contributed by atoms with E-state index in [0.29, 0.717) is 0 Å². The molecule has 0 radical (unpaired) electrons. The van der Waals surface area contributed by atoms with Gasteiger partial charge in [-0.3, -0.25) is 29.3 Å². The van der Waals surface area contributed by atoms with Gasteiger partial charge in [-0.05, 0) is 32.3 Å². The summed E-state index contributed by atoms with van der Waals surface area (Å²) in [7, 11) is 0. The van der Waals surface area contributed by atoms with Crippen LogP contribution >= 0.6 is 0 Å². The molecule has 2 rings (SSSR count). The van der Waals surface area contributed by atoms with E-state index in [9.17, 15) is 24.0 Å². The van der Waals surface area contributed by atoms with Crippen LogP contribution in [0.2, 0.25) is 0 Å². The topological polar surface area (TPSA) is 121 Å². The van der Waals surface area contributed by atoms with Crippen LogP contribution in [0.15, 0.2) is 54.6 Å². The van der Waals surface area contributed by atoms with E-state index in [1.54, 1.807) is 56.3 Å². The largest absolute Gasteiger partial charge is 0.346 e. The Labute approximate surface area is 200 Å². The summed E-state index contributed by atoms with van der Waals surface area (Å²) in [5.41, 5.74) is -0.467. The summed E-state index contributed by atoms with van der Waals surface area (Å²) in [4.78, 5) is 63.0. The lowest BCUT2D eigenvalue weighted by atomic mass is 9.75. The lowest BCUT2D eigenvalue weighted by Crippen LogP contribution is -2.51. The van der Waals surface area contributed by atoms with Crippen molar-refractivity contribution in [1.29, 1.82) is 0 Å². The fraction of sp³-hybridized carbons (Fsp3) is 0.423. The van der Waals surface area contributed by atoms with Crippen LogP contribution in [0.5, 0.6) is 0 Å². The van der Waals surface area contributed by atoms with Crippen LogP contribution in [0.1, 0.15) is 52.6 Å². The van der Waals surface area contributed by atoms with Crippen molar-refractivity contribution >= 4 is 29.4 Å². The molecular formula is C26H33N3O5. The van der Waals surface area contributed by atoms with Crippen molar-refractivity contribution in [1.82, 2.24) is 16.0 Å². The first-order valence-electron chi connectivity index (χ1n) is 11.3. The fourth-order valence-corrected chi connectivity index (χ4v) is 3.86. The SMILES string of the molecule is C/C=C/C=C/C(=O)N[C@@H](CC(=O)N[C@H](C(=O)[C@@H]1C(=O)NC(=O)C1(C)C)C(C)C)c1ccccc1. The number of nitrogens with one attached hydrogen (secondary N) is 3. The highest BCUT2D eigenvalue weighted by atomic mass is 16.2. The average molecular weight is 468 g/mol. The number of hydrogen-bond acceptors (Lipinski definition) is 5. The Morgan fingerprint density at radius 3 is 2.24 bits per heavy atom. The summed E-state index contributed by atoms with van der Waals surface area (Å²) < 4.78 is 0. The van der Waals surface area contributed by atoms with Crippen molar-refractivity contribution in [3.8, 4) is 0 Å². The Hall–Kier alpha value is -3.55.